The van der Waals surface area contributed by atoms with Gasteiger partial charge in [-0.05, 0) is 82.1 Å². The molecule has 0 aromatic heterocycles. The summed E-state index contributed by atoms with van der Waals surface area (Å²) in [6.07, 6.45) is 2.06. The van der Waals surface area contributed by atoms with Crippen molar-refractivity contribution in [1.29, 1.82) is 0 Å². The summed E-state index contributed by atoms with van der Waals surface area (Å²) in [6, 6.07) is 13.1. The van der Waals surface area contributed by atoms with Gasteiger partial charge in [0.05, 0.1) is 12.8 Å². The van der Waals surface area contributed by atoms with Crippen LogP contribution in [0.3, 0.4) is 0 Å². The number of benzene rings is 2. The van der Waals surface area contributed by atoms with Gasteiger partial charge >= 0.3 is 0 Å². The number of nitrogens with zero attached hydrogens (tertiary/aromatic N) is 2. The highest BCUT2D eigenvalue weighted by Gasteiger charge is 2.25. The van der Waals surface area contributed by atoms with Crippen LogP contribution in [0.4, 0.5) is 10.1 Å². The third-order valence-corrected chi connectivity index (χ3v) is 5.99. The number of hydrogen-bond donors (Lipinski definition) is 1. The van der Waals surface area contributed by atoms with Gasteiger partial charge in [0.15, 0.2) is 0 Å². The summed E-state index contributed by atoms with van der Waals surface area (Å²) in [7, 11) is 1.54. The van der Waals surface area contributed by atoms with Crippen molar-refractivity contribution in [2.45, 2.75) is 32.7 Å². The summed E-state index contributed by atoms with van der Waals surface area (Å²) >= 11 is 0. The Hall–Kier alpha value is -2.93. The SMILES string of the molecule is COc1ccc(C(=O)N(CC(=O)NCC2CCN(C(C)C)CC2)c2ccccc2F)cc1. The number of ether oxygens (including phenoxy) is 1. The van der Waals surface area contributed by atoms with Crippen LogP contribution in [0, 0.1) is 11.7 Å². The average molecular weight is 442 g/mol. The van der Waals surface area contributed by atoms with Gasteiger partial charge in [0.25, 0.3) is 5.91 Å². The fraction of sp³-hybridized carbons (Fsp3) is 0.440. The minimum Gasteiger partial charge on any atom is -0.497 e. The molecular weight excluding hydrogens is 409 g/mol. The van der Waals surface area contributed by atoms with Crippen molar-refractivity contribution in [3.05, 3.63) is 59.9 Å². The van der Waals surface area contributed by atoms with Crippen LogP contribution < -0.4 is 15.0 Å². The van der Waals surface area contributed by atoms with Crippen molar-refractivity contribution in [2.75, 3.05) is 38.2 Å². The monoisotopic (exact) mass is 441 g/mol. The fourth-order valence-corrected chi connectivity index (χ4v) is 3.96. The maximum atomic E-state index is 14.5. The number of methoxy groups -OCH3 is 1. The molecule has 1 heterocycles. The van der Waals surface area contributed by atoms with E-state index in [1.807, 2.05) is 0 Å². The summed E-state index contributed by atoms with van der Waals surface area (Å²) < 4.78 is 19.6. The van der Waals surface area contributed by atoms with E-state index in [1.54, 1.807) is 43.5 Å². The lowest BCUT2D eigenvalue weighted by Gasteiger charge is -2.34. The maximum absolute atomic E-state index is 14.5. The molecule has 0 unspecified atom stereocenters. The standard InChI is InChI=1S/C25H32FN3O3/c1-18(2)28-14-12-19(13-15-28)16-27-24(30)17-29(23-7-5-4-6-22(23)26)25(31)20-8-10-21(32-3)11-9-20/h4-11,18-19H,12-17H2,1-3H3,(H,27,30). The fourth-order valence-electron chi connectivity index (χ4n) is 3.96. The van der Waals surface area contributed by atoms with Gasteiger partial charge in [-0.3, -0.25) is 14.5 Å². The Morgan fingerprint density at radius 3 is 2.38 bits per heavy atom. The van der Waals surface area contributed by atoms with Gasteiger partial charge in [0.2, 0.25) is 5.91 Å². The van der Waals surface area contributed by atoms with Crippen molar-refractivity contribution < 1.29 is 18.7 Å². The predicted octanol–water partition coefficient (Wildman–Crippen LogP) is 3.72. The first-order valence-corrected chi connectivity index (χ1v) is 11.1. The topological polar surface area (TPSA) is 61.9 Å². The number of carbonyl (C=O) groups excluding carboxylic acids is 2. The van der Waals surface area contributed by atoms with E-state index in [0.717, 1.165) is 25.9 Å². The van der Waals surface area contributed by atoms with Crippen LogP contribution in [0.5, 0.6) is 5.75 Å². The molecule has 2 amide bonds. The summed E-state index contributed by atoms with van der Waals surface area (Å²) in [5, 5.41) is 2.95. The van der Waals surface area contributed by atoms with Crippen LogP contribution in [0.2, 0.25) is 0 Å². The first-order chi connectivity index (χ1) is 15.4. The normalized spacial score (nSPS) is 14.9. The van der Waals surface area contributed by atoms with Crippen LogP contribution in [0.25, 0.3) is 0 Å². The van der Waals surface area contributed by atoms with E-state index in [-0.39, 0.29) is 18.1 Å². The molecule has 0 aliphatic carbocycles. The smallest absolute Gasteiger partial charge is 0.258 e. The summed E-state index contributed by atoms with van der Waals surface area (Å²) in [5.41, 5.74) is 0.427. The Morgan fingerprint density at radius 2 is 1.78 bits per heavy atom. The molecule has 7 heteroatoms. The van der Waals surface area contributed by atoms with Crippen molar-refractivity contribution >= 4 is 17.5 Å². The molecule has 2 aromatic carbocycles. The lowest BCUT2D eigenvalue weighted by Crippen LogP contribution is -2.45. The highest BCUT2D eigenvalue weighted by atomic mass is 19.1. The minimum atomic E-state index is -0.553. The van der Waals surface area contributed by atoms with Crippen LogP contribution in [0.1, 0.15) is 37.0 Å². The average Bonchev–Trinajstić information content (AvgIpc) is 2.81. The molecule has 2 aromatic rings. The molecule has 1 fully saturated rings. The summed E-state index contributed by atoms with van der Waals surface area (Å²) in [6.45, 7) is 6.74. The molecule has 0 spiro atoms. The molecule has 1 aliphatic rings. The zero-order valence-electron chi connectivity index (χ0n) is 19.0. The van der Waals surface area contributed by atoms with Gasteiger partial charge in [-0.25, -0.2) is 4.39 Å². The number of anilines is 1. The van der Waals surface area contributed by atoms with Crippen LogP contribution in [-0.2, 0) is 4.79 Å². The molecule has 0 radical (unpaired) electrons. The molecule has 172 valence electrons. The number of carbonyl (C=O) groups is 2. The van der Waals surface area contributed by atoms with Crippen LogP contribution in [-0.4, -0.2) is 56.0 Å². The third kappa shape index (κ3) is 6.07. The molecule has 6 nitrogen and oxygen atoms in total. The largest absolute Gasteiger partial charge is 0.497 e. The van der Waals surface area contributed by atoms with E-state index in [9.17, 15) is 14.0 Å². The summed E-state index contributed by atoms with van der Waals surface area (Å²) in [4.78, 5) is 29.5. The van der Waals surface area contributed by atoms with E-state index in [2.05, 4.69) is 24.1 Å². The quantitative estimate of drug-likeness (QED) is 0.678. The highest BCUT2D eigenvalue weighted by Crippen LogP contribution is 2.22. The van der Waals surface area contributed by atoms with E-state index < -0.39 is 11.7 Å². The molecule has 1 aliphatic heterocycles. The lowest BCUT2D eigenvalue weighted by molar-refractivity contribution is -0.120. The molecule has 1 saturated heterocycles. The second-order valence-electron chi connectivity index (χ2n) is 8.45. The molecule has 0 saturated carbocycles. The Bertz CT molecular complexity index is 909. The number of nitrogens with one attached hydrogen (secondary N) is 1. The van der Waals surface area contributed by atoms with Crippen LogP contribution >= 0.6 is 0 Å². The van der Waals surface area contributed by atoms with E-state index in [4.69, 9.17) is 4.74 Å². The van der Waals surface area contributed by atoms with Crippen LogP contribution in [0.15, 0.2) is 48.5 Å². The van der Waals surface area contributed by atoms with Crippen molar-refractivity contribution in [1.82, 2.24) is 10.2 Å². The number of piperidine rings is 1. The third-order valence-electron chi connectivity index (χ3n) is 5.99. The molecular formula is C25H32FN3O3. The highest BCUT2D eigenvalue weighted by molar-refractivity contribution is 6.08. The summed E-state index contributed by atoms with van der Waals surface area (Å²) in [5.74, 6) is -0.281. The zero-order chi connectivity index (χ0) is 23.1. The second kappa shape index (κ2) is 11.1. The molecule has 1 N–H and O–H groups in total. The van der Waals surface area contributed by atoms with Crippen molar-refractivity contribution in [3.8, 4) is 5.75 Å². The minimum absolute atomic E-state index is 0.0775. The van der Waals surface area contributed by atoms with Gasteiger partial charge < -0.3 is 15.0 Å². The van der Waals surface area contributed by atoms with Crippen molar-refractivity contribution in [3.63, 3.8) is 0 Å². The Balaban J connectivity index is 1.67. The number of likely N-dealkylation sites (tertiary alicyclic amines) is 1. The first kappa shape index (κ1) is 23.7. The predicted molar refractivity (Wildman–Crippen MR) is 124 cm³/mol. The number of halogens is 1. The first-order valence-electron chi connectivity index (χ1n) is 11.1. The molecule has 0 atom stereocenters. The lowest BCUT2D eigenvalue weighted by atomic mass is 9.96. The van der Waals surface area contributed by atoms with Gasteiger partial charge in [-0.15, -0.1) is 0 Å². The maximum Gasteiger partial charge on any atom is 0.258 e. The van der Waals surface area contributed by atoms with E-state index in [1.165, 1.54) is 17.0 Å². The number of rotatable bonds is 8. The van der Waals surface area contributed by atoms with Gasteiger partial charge in [-0.1, -0.05) is 12.1 Å². The number of para-hydroxylation sites is 1. The van der Waals surface area contributed by atoms with Gasteiger partial charge in [0.1, 0.15) is 18.1 Å². The zero-order valence-corrected chi connectivity index (χ0v) is 19.0. The Morgan fingerprint density at radius 1 is 1.12 bits per heavy atom. The van der Waals surface area contributed by atoms with E-state index >= 15 is 0 Å². The second-order valence-corrected chi connectivity index (χ2v) is 8.45. The van der Waals surface area contributed by atoms with E-state index in [0.29, 0.717) is 29.8 Å². The molecule has 32 heavy (non-hydrogen) atoms. The molecule has 3 rings (SSSR count). The Labute approximate surface area is 189 Å². The Kier molecular flexibility index (Phi) is 8.22. The van der Waals surface area contributed by atoms with Gasteiger partial charge in [0, 0.05) is 18.2 Å². The number of hydrogen-bond acceptors (Lipinski definition) is 4. The number of amides is 2. The van der Waals surface area contributed by atoms with Gasteiger partial charge in [-0.2, -0.15) is 0 Å². The molecule has 0 bridgehead atoms. The van der Waals surface area contributed by atoms with Crippen molar-refractivity contribution in [2.24, 2.45) is 5.92 Å².